The van der Waals surface area contributed by atoms with Crippen LogP contribution in [0.3, 0.4) is 0 Å². The van der Waals surface area contributed by atoms with Gasteiger partial charge < -0.3 is 22.0 Å². The van der Waals surface area contributed by atoms with Gasteiger partial charge in [0, 0.05) is 82.7 Å². The summed E-state index contributed by atoms with van der Waals surface area (Å²) in [6.07, 6.45) is 23.7. The number of hydrogen-bond donors (Lipinski definition) is 0. The fourth-order valence-corrected chi connectivity index (χ4v) is 5.92. The van der Waals surface area contributed by atoms with E-state index in [-0.39, 0.29) is 50.2 Å². The molecule has 6 heteroatoms. The van der Waals surface area contributed by atoms with Crippen molar-refractivity contribution in [1.29, 1.82) is 0 Å². The van der Waals surface area contributed by atoms with Crippen molar-refractivity contribution in [2.45, 2.75) is 33.1 Å². The van der Waals surface area contributed by atoms with Crippen molar-refractivity contribution in [2.24, 2.45) is 14.1 Å². The molecule has 0 bridgehead atoms. The Labute approximate surface area is 321 Å². The molecule has 0 aliphatic rings. The fraction of sp³-hybridized carbons (Fsp3) is 0.163. The van der Waals surface area contributed by atoms with Gasteiger partial charge in [-0.05, 0) is 47.9 Å². The minimum Gasteiger partial charge on any atom is -0.366 e. The number of nitrogens with zero attached hydrogens (tertiary/aromatic N) is 4. The molecule has 4 heterocycles. The second-order valence-corrected chi connectivity index (χ2v) is 12.1. The molecule has 4 aromatic heterocycles. The first-order chi connectivity index (χ1) is 22.7. The summed E-state index contributed by atoms with van der Waals surface area (Å²) in [5, 5.41) is 3.77. The van der Waals surface area contributed by atoms with Gasteiger partial charge in [0.1, 0.15) is 0 Å². The predicted octanol–water partition coefficient (Wildman–Crippen LogP) is 9.55. The number of rotatable bonds is 3. The van der Waals surface area contributed by atoms with E-state index in [2.05, 4.69) is 120 Å². The topological polar surface area (TPSA) is 35.6 Å². The van der Waals surface area contributed by atoms with Crippen molar-refractivity contribution in [3.8, 4) is 11.8 Å². The largest absolute Gasteiger partial charge is 1.00 e. The molecule has 7 rings (SSSR count). The third-order valence-corrected chi connectivity index (χ3v) is 8.79. The van der Waals surface area contributed by atoms with Crippen LogP contribution in [0, 0.1) is 31.6 Å². The summed E-state index contributed by atoms with van der Waals surface area (Å²) < 4.78 is 4.32. The molecule has 0 unspecified atom stereocenters. The van der Waals surface area contributed by atoms with E-state index in [9.17, 15) is 0 Å². The Hall–Kier alpha value is -4.36. The van der Waals surface area contributed by atoms with E-state index >= 15 is 0 Å². The van der Waals surface area contributed by atoms with Gasteiger partial charge in [-0.2, -0.15) is 5.57 Å². The Morgan fingerprint density at radius 3 is 1.73 bits per heavy atom. The molecule has 0 amide bonds. The summed E-state index contributed by atoms with van der Waals surface area (Å²) in [4.78, 5) is 8.31. The molecule has 0 aliphatic carbocycles. The van der Waals surface area contributed by atoms with Gasteiger partial charge in [0.05, 0.1) is 0 Å². The van der Waals surface area contributed by atoms with Gasteiger partial charge in [-0.1, -0.05) is 75.4 Å². The molecule has 0 atom stereocenters. The van der Waals surface area contributed by atoms with E-state index in [1.54, 1.807) is 12.4 Å². The molecule has 4 nitrogen and oxygen atoms in total. The number of para-hydroxylation sites is 2. The molecular weight excluding hydrogens is 966 g/mol. The molecule has 3 aromatic carbocycles. The maximum absolute atomic E-state index is 7.16. The quantitative estimate of drug-likeness (QED) is 0.101. The molecule has 7 aromatic rings. The molecule has 49 heavy (non-hydrogen) atoms. The summed E-state index contributed by atoms with van der Waals surface area (Å²) in [6.45, 7) is 8.37. The Morgan fingerprint density at radius 1 is 0.694 bits per heavy atom. The zero-order chi connectivity index (χ0) is 33.6. The summed E-state index contributed by atoms with van der Waals surface area (Å²) >= 11 is 0. The van der Waals surface area contributed by atoms with Crippen LogP contribution in [0.4, 0.5) is 0 Å². The van der Waals surface area contributed by atoms with Gasteiger partial charge >= 0.3 is 44.8 Å². The van der Waals surface area contributed by atoms with Crippen LogP contribution in [0.25, 0.3) is 38.8 Å². The van der Waals surface area contributed by atoms with E-state index in [0.717, 1.165) is 22.3 Å². The first-order valence-corrected chi connectivity index (χ1v) is 15.5. The third kappa shape index (κ3) is 8.45. The van der Waals surface area contributed by atoms with Crippen molar-refractivity contribution in [2.75, 3.05) is 0 Å². The Morgan fingerprint density at radius 2 is 1.22 bits per heavy atom. The van der Waals surface area contributed by atoms with E-state index in [0.29, 0.717) is 0 Å². The minimum atomic E-state index is -0.0392. The average molecular weight is 1000 g/mol. The van der Waals surface area contributed by atoms with E-state index in [1.165, 1.54) is 43.9 Å². The number of allylic oxidation sites excluding steroid dienone is 1. The monoisotopic (exact) mass is 1000 g/mol. The van der Waals surface area contributed by atoms with Crippen LogP contribution >= 0.6 is 0 Å². The Kier molecular flexibility index (Phi) is 13.8. The molecule has 0 saturated heterocycles. The standard InChI is InChI=1S/C15H10N.C15H14N.C13H14N2.2Au/c1-3-11-8-9-13-12-6-4-5-7-14(12)16(2)15(13)10-11;1-5-11(2)10-15-12(3)13-8-6-7-9-14(13)16(15)4;1-13(2,11-5-3-7-14-9-11)12-6-4-8-15-10-12;;/h4-10H,2H3;6-10H,2-4H3;3-10H,1-2H3;;/q2*-1;;2*+1/b;11-10+;;;. The van der Waals surface area contributed by atoms with E-state index < -0.39 is 0 Å². The maximum Gasteiger partial charge on any atom is 1.00 e. The maximum atomic E-state index is 7.16. The van der Waals surface area contributed by atoms with Crippen LogP contribution in [0.1, 0.15) is 48.7 Å². The molecule has 0 saturated carbocycles. The zero-order valence-corrected chi connectivity index (χ0v) is 32.8. The molecule has 0 N–H and O–H groups in total. The van der Waals surface area contributed by atoms with Crippen LogP contribution in [0.5, 0.6) is 0 Å². The molecular formula is C43H38Au2N4. The Balaban J connectivity index is 0.000000195. The summed E-state index contributed by atoms with van der Waals surface area (Å²) in [5.41, 5.74) is 10.0. The fourth-order valence-electron chi connectivity index (χ4n) is 5.92. The minimum absolute atomic E-state index is 0. The average Bonchev–Trinajstić information content (AvgIpc) is 3.54. The van der Waals surface area contributed by atoms with Gasteiger partial charge in [-0.25, -0.2) is 0 Å². The number of benzene rings is 3. The van der Waals surface area contributed by atoms with Crippen LogP contribution in [-0.2, 0) is 64.3 Å². The summed E-state index contributed by atoms with van der Waals surface area (Å²) in [6, 6.07) is 30.8. The smallest absolute Gasteiger partial charge is 0.366 e. The number of hydrogen-bond acceptors (Lipinski definition) is 2. The van der Waals surface area contributed by atoms with Crippen molar-refractivity contribution >= 4 is 38.8 Å². The van der Waals surface area contributed by atoms with Crippen molar-refractivity contribution in [3.05, 3.63) is 162 Å². The third-order valence-electron chi connectivity index (χ3n) is 8.79. The van der Waals surface area contributed by atoms with Crippen molar-refractivity contribution in [1.82, 2.24) is 19.1 Å². The number of aryl methyl sites for hydroxylation is 3. The van der Waals surface area contributed by atoms with Crippen molar-refractivity contribution < 1.29 is 44.8 Å². The molecule has 0 fully saturated rings. The molecule has 0 spiro atoms. The van der Waals surface area contributed by atoms with E-state index in [4.69, 9.17) is 12.8 Å². The van der Waals surface area contributed by atoms with Gasteiger partial charge in [0.15, 0.2) is 0 Å². The van der Waals surface area contributed by atoms with E-state index in [1.807, 2.05) is 61.8 Å². The van der Waals surface area contributed by atoms with Gasteiger partial charge in [-0.15, -0.1) is 23.8 Å². The first-order valence-electron chi connectivity index (χ1n) is 15.5. The Bertz CT molecular complexity index is 2200. The van der Waals surface area contributed by atoms with Crippen LogP contribution in [-0.4, -0.2) is 19.1 Å². The molecule has 252 valence electrons. The predicted molar refractivity (Wildman–Crippen MR) is 196 cm³/mol. The summed E-state index contributed by atoms with van der Waals surface area (Å²) in [7, 11) is 4.11. The molecule has 0 radical (unpaired) electrons. The normalized spacial score (nSPS) is 10.8. The number of aromatic nitrogens is 4. The van der Waals surface area contributed by atoms with Crippen LogP contribution in [0.2, 0.25) is 0 Å². The van der Waals surface area contributed by atoms with Crippen LogP contribution in [0.15, 0.2) is 121 Å². The second-order valence-electron chi connectivity index (χ2n) is 12.1. The molecule has 0 aliphatic heterocycles. The first kappa shape index (κ1) is 39.1. The van der Waals surface area contributed by atoms with Gasteiger partial charge in [-0.3, -0.25) is 21.8 Å². The summed E-state index contributed by atoms with van der Waals surface area (Å²) in [5.74, 6) is 4.84. The number of pyridine rings is 2. The SMILES string of the molecule is CC(C)(c1cccnc1)c1cccnc1.[Au+].[Au+].[C-]#C/C(C)=C/c1c(C)c2ccccc2n1C.[C-]#Cc1ccc2c3ccccc3n(C)c2c1. The van der Waals surface area contributed by atoms with Crippen LogP contribution < -0.4 is 0 Å². The van der Waals surface area contributed by atoms with Gasteiger partial charge in [0.25, 0.3) is 0 Å². The zero-order valence-electron chi connectivity index (χ0n) is 28.4. The second kappa shape index (κ2) is 17.3. The number of fused-ring (bicyclic) bond motifs is 4. The van der Waals surface area contributed by atoms with Gasteiger partial charge in [0.2, 0.25) is 0 Å². The van der Waals surface area contributed by atoms with Crippen molar-refractivity contribution in [3.63, 3.8) is 0 Å².